The van der Waals surface area contributed by atoms with E-state index in [1.807, 2.05) is 43.3 Å². The van der Waals surface area contributed by atoms with Crippen molar-refractivity contribution in [2.75, 3.05) is 13.3 Å². The molecule has 0 bridgehead atoms. The number of hydrogen-bond donors (Lipinski definition) is 2. The molecule has 0 spiro atoms. The number of aliphatic hydroxyl groups is 1. The second-order valence-electron chi connectivity index (χ2n) is 6.08. The molecule has 0 fully saturated rings. The van der Waals surface area contributed by atoms with Crippen molar-refractivity contribution in [3.05, 3.63) is 59.7 Å². The van der Waals surface area contributed by atoms with Gasteiger partial charge in [-0.15, -0.1) is 0 Å². The SMILES string of the molecule is CC[C@H](C(=O)NCC[C@@H](O)c1ccc2c(c1)OCO2)c1ccccc1. The van der Waals surface area contributed by atoms with Crippen molar-refractivity contribution >= 4 is 5.91 Å². The Morgan fingerprint density at radius 1 is 1.12 bits per heavy atom. The molecule has 2 N–H and O–H groups in total. The van der Waals surface area contributed by atoms with Crippen molar-refractivity contribution in [2.24, 2.45) is 0 Å². The van der Waals surface area contributed by atoms with Crippen molar-refractivity contribution < 1.29 is 19.4 Å². The molecule has 1 aliphatic rings. The summed E-state index contributed by atoms with van der Waals surface area (Å²) in [4.78, 5) is 12.4. The van der Waals surface area contributed by atoms with Gasteiger partial charge in [-0.3, -0.25) is 4.79 Å². The minimum atomic E-state index is -0.661. The van der Waals surface area contributed by atoms with Crippen molar-refractivity contribution in [3.63, 3.8) is 0 Å². The molecule has 5 nitrogen and oxygen atoms in total. The van der Waals surface area contributed by atoms with E-state index in [2.05, 4.69) is 5.32 Å². The van der Waals surface area contributed by atoms with Gasteiger partial charge in [0, 0.05) is 6.54 Å². The molecular formula is C20H23NO4. The maximum absolute atomic E-state index is 12.4. The first-order valence-electron chi connectivity index (χ1n) is 8.59. The van der Waals surface area contributed by atoms with E-state index in [0.29, 0.717) is 24.5 Å². The smallest absolute Gasteiger partial charge is 0.231 e. The van der Waals surface area contributed by atoms with Crippen LogP contribution in [0.3, 0.4) is 0 Å². The molecule has 1 amide bonds. The predicted molar refractivity (Wildman–Crippen MR) is 94.6 cm³/mol. The fourth-order valence-corrected chi connectivity index (χ4v) is 3.00. The van der Waals surface area contributed by atoms with E-state index in [1.165, 1.54) is 0 Å². The van der Waals surface area contributed by atoms with Crippen LogP contribution < -0.4 is 14.8 Å². The van der Waals surface area contributed by atoms with Crippen molar-refractivity contribution in [2.45, 2.75) is 31.8 Å². The highest BCUT2D eigenvalue weighted by Gasteiger charge is 2.19. The third-order valence-corrected chi connectivity index (χ3v) is 4.43. The summed E-state index contributed by atoms with van der Waals surface area (Å²) in [5.74, 6) is 1.17. The van der Waals surface area contributed by atoms with Gasteiger partial charge in [0.1, 0.15) is 0 Å². The van der Waals surface area contributed by atoms with E-state index in [0.717, 1.165) is 17.5 Å². The van der Waals surface area contributed by atoms with Gasteiger partial charge in [-0.2, -0.15) is 0 Å². The van der Waals surface area contributed by atoms with Crippen LogP contribution in [0.25, 0.3) is 0 Å². The number of amides is 1. The fourth-order valence-electron chi connectivity index (χ4n) is 3.00. The van der Waals surface area contributed by atoms with E-state index in [4.69, 9.17) is 9.47 Å². The Balaban J connectivity index is 1.52. The molecule has 2 aromatic carbocycles. The first-order chi connectivity index (χ1) is 12.2. The first kappa shape index (κ1) is 17.3. The molecule has 132 valence electrons. The summed E-state index contributed by atoms with van der Waals surface area (Å²) in [6.45, 7) is 2.62. The molecule has 0 saturated carbocycles. The summed E-state index contributed by atoms with van der Waals surface area (Å²) in [5.41, 5.74) is 1.77. The minimum Gasteiger partial charge on any atom is -0.454 e. The first-order valence-corrected chi connectivity index (χ1v) is 8.59. The van der Waals surface area contributed by atoms with Crippen LogP contribution in [0.1, 0.15) is 42.9 Å². The third-order valence-electron chi connectivity index (χ3n) is 4.43. The van der Waals surface area contributed by atoms with Crippen LogP contribution in [0.2, 0.25) is 0 Å². The number of hydrogen-bond acceptors (Lipinski definition) is 4. The summed E-state index contributed by atoms with van der Waals surface area (Å²) in [6.07, 6.45) is 0.517. The fraction of sp³-hybridized carbons (Fsp3) is 0.350. The number of nitrogens with one attached hydrogen (secondary N) is 1. The number of aliphatic hydroxyl groups excluding tert-OH is 1. The Morgan fingerprint density at radius 2 is 1.88 bits per heavy atom. The summed E-state index contributed by atoms with van der Waals surface area (Å²) in [6, 6.07) is 15.2. The Morgan fingerprint density at radius 3 is 2.64 bits per heavy atom. The van der Waals surface area contributed by atoms with Gasteiger partial charge in [0.05, 0.1) is 12.0 Å². The maximum atomic E-state index is 12.4. The Hall–Kier alpha value is -2.53. The molecule has 1 heterocycles. The lowest BCUT2D eigenvalue weighted by atomic mass is 9.95. The van der Waals surface area contributed by atoms with E-state index in [1.54, 1.807) is 12.1 Å². The zero-order chi connectivity index (χ0) is 17.6. The van der Waals surface area contributed by atoms with E-state index in [-0.39, 0.29) is 18.6 Å². The molecular weight excluding hydrogens is 318 g/mol. The average Bonchev–Trinajstić information content (AvgIpc) is 3.11. The van der Waals surface area contributed by atoms with Gasteiger partial charge in [-0.05, 0) is 36.1 Å². The molecule has 0 radical (unpaired) electrons. The molecule has 0 saturated heterocycles. The summed E-state index contributed by atoms with van der Waals surface area (Å²) >= 11 is 0. The normalized spacial score (nSPS) is 14.8. The number of benzene rings is 2. The zero-order valence-corrected chi connectivity index (χ0v) is 14.3. The van der Waals surface area contributed by atoms with E-state index >= 15 is 0 Å². The molecule has 0 unspecified atom stereocenters. The Bertz CT molecular complexity index is 717. The summed E-state index contributed by atoms with van der Waals surface area (Å²) < 4.78 is 10.6. The van der Waals surface area contributed by atoms with E-state index < -0.39 is 6.10 Å². The van der Waals surface area contributed by atoms with Crippen molar-refractivity contribution in [1.82, 2.24) is 5.32 Å². The van der Waals surface area contributed by atoms with Crippen molar-refractivity contribution in [1.29, 1.82) is 0 Å². The average molecular weight is 341 g/mol. The van der Waals surface area contributed by atoms with Gasteiger partial charge in [0.2, 0.25) is 12.7 Å². The topological polar surface area (TPSA) is 67.8 Å². The van der Waals surface area contributed by atoms with Gasteiger partial charge in [-0.1, -0.05) is 43.3 Å². The van der Waals surface area contributed by atoms with Crippen LogP contribution in [0.5, 0.6) is 11.5 Å². The highest BCUT2D eigenvalue weighted by molar-refractivity contribution is 5.83. The number of carbonyl (C=O) groups excluding carboxylic acids is 1. The molecule has 0 aromatic heterocycles. The molecule has 1 aliphatic heterocycles. The summed E-state index contributed by atoms with van der Waals surface area (Å²) in [7, 11) is 0. The van der Waals surface area contributed by atoms with Crippen molar-refractivity contribution in [3.8, 4) is 11.5 Å². The van der Waals surface area contributed by atoms with Crippen LogP contribution in [0, 0.1) is 0 Å². The van der Waals surface area contributed by atoms with Crippen LogP contribution in [0.15, 0.2) is 48.5 Å². The van der Waals surface area contributed by atoms with Gasteiger partial charge in [0.25, 0.3) is 0 Å². The molecule has 3 rings (SSSR count). The number of ether oxygens (including phenoxy) is 2. The standard InChI is InChI=1S/C20H23NO4/c1-2-16(14-6-4-3-5-7-14)20(23)21-11-10-17(22)15-8-9-18-19(12-15)25-13-24-18/h3-9,12,16-17,22H,2,10-11,13H2,1H3,(H,21,23)/t16-,17+/m0/s1. The molecule has 25 heavy (non-hydrogen) atoms. The van der Waals surface area contributed by atoms with Crippen LogP contribution in [-0.2, 0) is 4.79 Å². The van der Waals surface area contributed by atoms with Crippen LogP contribution in [-0.4, -0.2) is 24.4 Å². The quantitative estimate of drug-likeness (QED) is 0.812. The van der Waals surface area contributed by atoms with Gasteiger partial charge in [0.15, 0.2) is 11.5 Å². The third kappa shape index (κ3) is 4.12. The maximum Gasteiger partial charge on any atom is 0.231 e. The second-order valence-corrected chi connectivity index (χ2v) is 6.08. The molecule has 2 aromatic rings. The lowest BCUT2D eigenvalue weighted by molar-refractivity contribution is -0.122. The number of fused-ring (bicyclic) bond motifs is 1. The Kier molecular flexibility index (Phi) is 5.56. The van der Waals surface area contributed by atoms with Crippen LogP contribution in [0.4, 0.5) is 0 Å². The molecule has 0 aliphatic carbocycles. The lowest BCUT2D eigenvalue weighted by Gasteiger charge is -2.17. The molecule has 2 atom stereocenters. The van der Waals surface area contributed by atoms with Gasteiger partial charge in [-0.25, -0.2) is 0 Å². The predicted octanol–water partition coefficient (Wildman–Crippen LogP) is 3.15. The largest absolute Gasteiger partial charge is 0.454 e. The number of carbonyl (C=O) groups is 1. The number of rotatable bonds is 7. The summed E-state index contributed by atoms with van der Waals surface area (Å²) in [5, 5.41) is 13.3. The Labute approximate surface area is 147 Å². The highest BCUT2D eigenvalue weighted by atomic mass is 16.7. The highest BCUT2D eigenvalue weighted by Crippen LogP contribution is 2.34. The zero-order valence-electron chi connectivity index (χ0n) is 14.3. The molecule has 5 heteroatoms. The second kappa shape index (κ2) is 8.03. The monoisotopic (exact) mass is 341 g/mol. The van der Waals surface area contributed by atoms with Crippen LogP contribution >= 0.6 is 0 Å². The van der Waals surface area contributed by atoms with Gasteiger partial charge >= 0.3 is 0 Å². The minimum absolute atomic E-state index is 0.00779. The van der Waals surface area contributed by atoms with Gasteiger partial charge < -0.3 is 19.9 Å². The van der Waals surface area contributed by atoms with E-state index in [9.17, 15) is 9.90 Å². The lowest BCUT2D eigenvalue weighted by Crippen LogP contribution is -2.30.